The van der Waals surface area contributed by atoms with Crippen LogP contribution in [-0.2, 0) is 17.7 Å². The van der Waals surface area contributed by atoms with Crippen molar-refractivity contribution in [3.63, 3.8) is 0 Å². The third-order valence-corrected chi connectivity index (χ3v) is 3.86. The van der Waals surface area contributed by atoms with Gasteiger partial charge in [-0.2, -0.15) is 0 Å². The molecular formula is C14H13BrN2O2. The fourth-order valence-electron chi connectivity index (χ4n) is 2.48. The molecule has 1 aromatic heterocycles. The summed E-state index contributed by atoms with van der Waals surface area (Å²) in [5, 5.41) is 4.12. The maximum Gasteiger partial charge on any atom is 0.338 e. The highest BCUT2D eigenvalue weighted by molar-refractivity contribution is 9.10. The summed E-state index contributed by atoms with van der Waals surface area (Å²) in [5.41, 5.74) is 3.43. The van der Waals surface area contributed by atoms with Crippen molar-refractivity contribution in [1.82, 2.24) is 10.3 Å². The Morgan fingerprint density at radius 3 is 3.11 bits per heavy atom. The number of carbonyl (C=O) groups is 1. The zero-order valence-electron chi connectivity index (χ0n) is 10.5. The molecule has 5 heteroatoms. The molecule has 0 bridgehead atoms. The van der Waals surface area contributed by atoms with Gasteiger partial charge in [-0.25, -0.2) is 4.79 Å². The number of hydrogen-bond acceptors (Lipinski definition) is 4. The number of pyridine rings is 1. The molecule has 1 aromatic carbocycles. The van der Waals surface area contributed by atoms with Gasteiger partial charge in [-0.3, -0.25) is 4.98 Å². The number of esters is 1. The molecule has 0 saturated heterocycles. The molecule has 3 rings (SSSR count). The first-order valence-corrected chi connectivity index (χ1v) is 6.90. The number of nitrogens with zero attached hydrogens (tertiary/aromatic N) is 1. The predicted octanol–water partition coefficient (Wildman–Crippen LogP) is 2.43. The van der Waals surface area contributed by atoms with Crippen LogP contribution >= 0.6 is 15.9 Å². The summed E-state index contributed by atoms with van der Waals surface area (Å²) in [6.45, 7) is 1.55. The van der Waals surface area contributed by atoms with Crippen LogP contribution < -0.4 is 5.32 Å². The first kappa shape index (κ1) is 12.6. The summed E-state index contributed by atoms with van der Waals surface area (Å²) in [4.78, 5) is 16.8. The van der Waals surface area contributed by atoms with Gasteiger partial charge in [-0.05, 0) is 18.2 Å². The van der Waals surface area contributed by atoms with Crippen LogP contribution in [0.4, 0.5) is 0 Å². The largest absolute Gasteiger partial charge is 0.465 e. The highest BCUT2D eigenvalue weighted by Gasteiger charge is 2.22. The van der Waals surface area contributed by atoms with Crippen molar-refractivity contribution in [2.45, 2.75) is 13.0 Å². The molecule has 0 spiro atoms. The number of halogens is 1. The quantitative estimate of drug-likeness (QED) is 0.820. The second-order valence-corrected chi connectivity index (χ2v) is 5.41. The molecule has 1 aliphatic heterocycles. The normalized spacial score (nSPS) is 14.2. The molecule has 98 valence electrons. The highest BCUT2D eigenvalue weighted by Crippen LogP contribution is 2.28. The van der Waals surface area contributed by atoms with E-state index in [1.165, 1.54) is 7.11 Å². The first-order valence-electron chi connectivity index (χ1n) is 6.10. The number of carbonyl (C=O) groups excluding carboxylic acids is 1. The van der Waals surface area contributed by atoms with E-state index in [1.807, 2.05) is 18.2 Å². The topological polar surface area (TPSA) is 51.2 Å². The molecule has 2 heterocycles. The van der Waals surface area contributed by atoms with Crippen LogP contribution in [0, 0.1) is 0 Å². The Bertz CT molecular complexity index is 670. The van der Waals surface area contributed by atoms with Gasteiger partial charge < -0.3 is 10.1 Å². The number of rotatable bonds is 1. The number of fused-ring (bicyclic) bond motifs is 2. The van der Waals surface area contributed by atoms with Crippen LogP contribution in [-0.4, -0.2) is 24.6 Å². The van der Waals surface area contributed by atoms with Crippen molar-refractivity contribution in [2.24, 2.45) is 0 Å². The van der Waals surface area contributed by atoms with Gasteiger partial charge in [0.25, 0.3) is 0 Å². The molecule has 0 fully saturated rings. The number of methoxy groups -OCH3 is 1. The van der Waals surface area contributed by atoms with E-state index in [9.17, 15) is 4.79 Å². The minimum Gasteiger partial charge on any atom is -0.465 e. The van der Waals surface area contributed by atoms with E-state index in [4.69, 9.17) is 4.74 Å². The molecule has 19 heavy (non-hydrogen) atoms. The Morgan fingerprint density at radius 1 is 1.47 bits per heavy atom. The number of ether oxygens (including phenoxy) is 1. The summed E-state index contributed by atoms with van der Waals surface area (Å²) in [6, 6.07) is 5.78. The lowest BCUT2D eigenvalue weighted by molar-refractivity contribution is 0.0601. The summed E-state index contributed by atoms with van der Waals surface area (Å²) in [6.07, 6.45) is 0.839. The van der Waals surface area contributed by atoms with Gasteiger partial charge in [0.15, 0.2) is 0 Å². The van der Waals surface area contributed by atoms with E-state index in [-0.39, 0.29) is 5.97 Å². The van der Waals surface area contributed by atoms with Crippen LogP contribution in [0.3, 0.4) is 0 Å². The smallest absolute Gasteiger partial charge is 0.338 e. The minimum atomic E-state index is -0.301. The standard InChI is InChI=1S/C14H13BrN2O2/c1-19-14(18)13-9-6-8(15)2-3-11(9)17-12-4-5-16-7-10(12)13/h2-3,6,16H,4-5,7H2,1H3. The van der Waals surface area contributed by atoms with E-state index >= 15 is 0 Å². The van der Waals surface area contributed by atoms with Gasteiger partial charge in [0, 0.05) is 40.6 Å². The number of aromatic nitrogens is 1. The van der Waals surface area contributed by atoms with Crippen LogP contribution in [0.1, 0.15) is 21.6 Å². The Morgan fingerprint density at radius 2 is 2.32 bits per heavy atom. The SMILES string of the molecule is COC(=O)c1c2c(nc3ccc(Br)cc13)CCNC2. The van der Waals surface area contributed by atoms with E-state index in [2.05, 4.69) is 26.2 Å². The van der Waals surface area contributed by atoms with Crippen LogP contribution in [0.2, 0.25) is 0 Å². The predicted molar refractivity (Wildman–Crippen MR) is 76.2 cm³/mol. The monoisotopic (exact) mass is 320 g/mol. The average Bonchev–Trinajstić information content (AvgIpc) is 2.44. The van der Waals surface area contributed by atoms with Gasteiger partial charge in [0.05, 0.1) is 18.2 Å². The molecule has 2 aromatic rings. The third kappa shape index (κ3) is 2.13. The zero-order valence-corrected chi connectivity index (χ0v) is 12.1. The Labute approximate surface area is 119 Å². The van der Waals surface area contributed by atoms with Crippen molar-refractivity contribution in [2.75, 3.05) is 13.7 Å². The molecule has 0 atom stereocenters. The van der Waals surface area contributed by atoms with Gasteiger partial charge in [0.1, 0.15) is 0 Å². The van der Waals surface area contributed by atoms with Gasteiger partial charge in [0.2, 0.25) is 0 Å². The second-order valence-electron chi connectivity index (χ2n) is 4.49. The highest BCUT2D eigenvalue weighted by atomic mass is 79.9. The third-order valence-electron chi connectivity index (χ3n) is 3.36. The Balaban J connectivity index is 2.37. The van der Waals surface area contributed by atoms with E-state index in [0.29, 0.717) is 12.1 Å². The van der Waals surface area contributed by atoms with Crippen LogP contribution in [0.25, 0.3) is 10.9 Å². The van der Waals surface area contributed by atoms with Crippen molar-refractivity contribution in [3.05, 3.63) is 39.5 Å². The van der Waals surface area contributed by atoms with E-state index in [1.54, 1.807) is 0 Å². The van der Waals surface area contributed by atoms with Gasteiger partial charge in [-0.1, -0.05) is 15.9 Å². The van der Waals surface area contributed by atoms with Crippen LogP contribution in [0.5, 0.6) is 0 Å². The molecule has 0 unspecified atom stereocenters. The molecular weight excluding hydrogens is 308 g/mol. The summed E-state index contributed by atoms with van der Waals surface area (Å²) in [7, 11) is 1.41. The van der Waals surface area contributed by atoms with Gasteiger partial charge >= 0.3 is 5.97 Å². The zero-order chi connectivity index (χ0) is 13.4. The minimum absolute atomic E-state index is 0.301. The first-order chi connectivity index (χ1) is 9.20. The molecule has 1 aliphatic rings. The Hall–Kier alpha value is -1.46. The fraction of sp³-hybridized carbons (Fsp3) is 0.286. The molecule has 0 aliphatic carbocycles. The van der Waals surface area contributed by atoms with Crippen LogP contribution in [0.15, 0.2) is 22.7 Å². The summed E-state index contributed by atoms with van der Waals surface area (Å²) >= 11 is 3.44. The lowest BCUT2D eigenvalue weighted by atomic mass is 9.97. The lowest BCUT2D eigenvalue weighted by Crippen LogP contribution is -2.27. The van der Waals surface area contributed by atoms with Crippen molar-refractivity contribution in [1.29, 1.82) is 0 Å². The van der Waals surface area contributed by atoms with Gasteiger partial charge in [-0.15, -0.1) is 0 Å². The van der Waals surface area contributed by atoms with E-state index in [0.717, 1.165) is 39.6 Å². The van der Waals surface area contributed by atoms with Crippen molar-refractivity contribution < 1.29 is 9.53 Å². The molecule has 0 radical (unpaired) electrons. The van der Waals surface area contributed by atoms with E-state index < -0.39 is 0 Å². The summed E-state index contributed by atoms with van der Waals surface area (Å²) in [5.74, 6) is -0.301. The molecule has 0 amide bonds. The molecule has 4 nitrogen and oxygen atoms in total. The average molecular weight is 321 g/mol. The second kappa shape index (κ2) is 4.90. The molecule has 1 N–H and O–H groups in total. The number of hydrogen-bond donors (Lipinski definition) is 1. The fourth-order valence-corrected chi connectivity index (χ4v) is 2.84. The Kier molecular flexibility index (Phi) is 3.24. The molecule has 0 saturated carbocycles. The maximum atomic E-state index is 12.1. The maximum absolute atomic E-state index is 12.1. The summed E-state index contributed by atoms with van der Waals surface area (Å²) < 4.78 is 5.87. The van der Waals surface area contributed by atoms with Crippen molar-refractivity contribution in [3.8, 4) is 0 Å². The van der Waals surface area contributed by atoms with Crippen molar-refractivity contribution >= 4 is 32.8 Å². The lowest BCUT2D eigenvalue weighted by Gasteiger charge is -2.20. The number of benzene rings is 1. The number of nitrogens with one attached hydrogen (secondary N) is 1.